The highest BCUT2D eigenvalue weighted by atomic mass is 16.5. The van der Waals surface area contributed by atoms with E-state index in [0.29, 0.717) is 11.7 Å². The second kappa shape index (κ2) is 6.76. The van der Waals surface area contributed by atoms with E-state index >= 15 is 0 Å². The quantitative estimate of drug-likeness (QED) is 0.732. The molecule has 1 saturated heterocycles. The van der Waals surface area contributed by atoms with Crippen LogP contribution in [0.3, 0.4) is 0 Å². The molecule has 142 valence electrons. The minimum Gasteiger partial charge on any atom is -0.369 e. The van der Waals surface area contributed by atoms with Crippen LogP contribution < -0.4 is 15.5 Å². The molecule has 5 rings (SSSR count). The van der Waals surface area contributed by atoms with Gasteiger partial charge in [-0.1, -0.05) is 35.5 Å². The summed E-state index contributed by atoms with van der Waals surface area (Å²) >= 11 is 0. The maximum Gasteiger partial charge on any atom is 0.257 e. The van der Waals surface area contributed by atoms with E-state index < -0.39 is 5.54 Å². The predicted molar refractivity (Wildman–Crippen MR) is 106 cm³/mol. The summed E-state index contributed by atoms with van der Waals surface area (Å²) in [7, 11) is 0. The molecule has 1 amide bonds. The highest BCUT2D eigenvalue weighted by Gasteiger charge is 2.46. The van der Waals surface area contributed by atoms with Gasteiger partial charge in [-0.3, -0.25) is 4.79 Å². The van der Waals surface area contributed by atoms with E-state index in [1.807, 2.05) is 54.6 Å². The topological polar surface area (TPSA) is 83.3 Å². The average Bonchev–Trinajstić information content (AvgIpc) is 3.21. The van der Waals surface area contributed by atoms with Crippen LogP contribution in [0.4, 0.5) is 11.4 Å². The van der Waals surface area contributed by atoms with Crippen LogP contribution in [-0.2, 0) is 11.3 Å². The number of rotatable bonds is 3. The second-order valence-electron chi connectivity index (χ2n) is 7.25. The van der Waals surface area contributed by atoms with Gasteiger partial charge >= 0.3 is 0 Å². The van der Waals surface area contributed by atoms with Crippen molar-refractivity contribution in [1.29, 1.82) is 0 Å². The van der Waals surface area contributed by atoms with Crippen molar-refractivity contribution in [2.75, 3.05) is 23.3 Å². The van der Waals surface area contributed by atoms with Crippen LogP contribution >= 0.6 is 0 Å². The van der Waals surface area contributed by atoms with Gasteiger partial charge in [-0.05, 0) is 50.2 Å². The number of carbonyl (C=O) groups excluding carboxylic acids is 1. The summed E-state index contributed by atoms with van der Waals surface area (Å²) in [6, 6.07) is 17.5. The van der Waals surface area contributed by atoms with E-state index in [1.165, 1.54) is 0 Å². The molecule has 1 fully saturated rings. The number of nitrogens with one attached hydrogen (secondary N) is 2. The number of hydrogen-bond donors (Lipinski definition) is 2. The smallest absolute Gasteiger partial charge is 0.257 e. The Labute approximate surface area is 162 Å². The first-order chi connectivity index (χ1) is 13.8. The van der Waals surface area contributed by atoms with Gasteiger partial charge in [0.1, 0.15) is 5.54 Å². The normalized spacial score (nSPS) is 18.0. The zero-order valence-electron chi connectivity index (χ0n) is 15.4. The van der Waals surface area contributed by atoms with E-state index in [1.54, 1.807) is 4.90 Å². The average molecular weight is 375 g/mol. The van der Waals surface area contributed by atoms with Crippen LogP contribution in [-0.4, -0.2) is 34.7 Å². The van der Waals surface area contributed by atoms with Crippen molar-refractivity contribution >= 4 is 17.3 Å². The van der Waals surface area contributed by atoms with Crippen molar-refractivity contribution in [2.24, 2.45) is 0 Å². The van der Waals surface area contributed by atoms with Crippen molar-refractivity contribution < 1.29 is 9.32 Å². The number of piperidine rings is 1. The van der Waals surface area contributed by atoms with Gasteiger partial charge in [0.15, 0.2) is 5.82 Å². The van der Waals surface area contributed by atoms with Crippen LogP contribution in [0.1, 0.15) is 18.7 Å². The maximum atomic E-state index is 13.5. The minimum atomic E-state index is -0.578. The maximum absolute atomic E-state index is 13.5. The molecule has 3 aromatic rings. The van der Waals surface area contributed by atoms with Gasteiger partial charge in [0, 0.05) is 5.56 Å². The molecule has 2 aliphatic heterocycles. The van der Waals surface area contributed by atoms with Gasteiger partial charge in [0.2, 0.25) is 0 Å². The predicted octanol–water partition coefficient (Wildman–Crippen LogP) is 2.82. The van der Waals surface area contributed by atoms with E-state index in [4.69, 9.17) is 4.52 Å². The Balaban J connectivity index is 1.48. The summed E-state index contributed by atoms with van der Waals surface area (Å²) in [6.45, 7) is 1.91. The molecular formula is C21H21N5O2. The van der Waals surface area contributed by atoms with Gasteiger partial charge in [-0.15, -0.1) is 0 Å². The summed E-state index contributed by atoms with van der Waals surface area (Å²) in [6.07, 6.45) is 1.50. The largest absolute Gasteiger partial charge is 0.369 e. The summed E-state index contributed by atoms with van der Waals surface area (Å²) in [5.41, 5.74) is 2.10. The molecule has 28 heavy (non-hydrogen) atoms. The van der Waals surface area contributed by atoms with Crippen LogP contribution in [0, 0.1) is 0 Å². The zero-order valence-corrected chi connectivity index (χ0v) is 15.4. The fourth-order valence-corrected chi connectivity index (χ4v) is 4.00. The first-order valence-corrected chi connectivity index (χ1v) is 9.53. The molecule has 7 heteroatoms. The molecule has 0 aliphatic carbocycles. The first-order valence-electron chi connectivity index (χ1n) is 9.53. The lowest BCUT2D eigenvalue weighted by molar-refractivity contribution is -0.124. The highest BCUT2D eigenvalue weighted by Crippen LogP contribution is 2.39. The van der Waals surface area contributed by atoms with Crippen LogP contribution in [0.5, 0.6) is 0 Å². The van der Waals surface area contributed by atoms with Crippen LogP contribution in [0.15, 0.2) is 59.1 Å². The van der Waals surface area contributed by atoms with E-state index in [-0.39, 0.29) is 12.5 Å². The van der Waals surface area contributed by atoms with Crippen molar-refractivity contribution in [3.8, 4) is 11.5 Å². The Bertz CT molecular complexity index is 995. The molecule has 0 unspecified atom stereocenters. The first kappa shape index (κ1) is 16.9. The number of para-hydroxylation sites is 2. The molecule has 1 aromatic heterocycles. The second-order valence-corrected chi connectivity index (χ2v) is 7.25. The third kappa shape index (κ3) is 2.84. The van der Waals surface area contributed by atoms with E-state index in [0.717, 1.165) is 42.9 Å². The standard InChI is InChI=1S/C21H21N5O2/c27-20-21(10-12-22-13-11-21)24-16-8-4-5-9-17(16)26(20)14-18-23-19(28-25-18)15-6-2-1-3-7-15/h1-9,22,24H,10-14H2. The molecule has 1 spiro atoms. The van der Waals surface area contributed by atoms with Crippen molar-refractivity contribution in [3.63, 3.8) is 0 Å². The molecule has 2 aromatic carbocycles. The lowest BCUT2D eigenvalue weighted by Gasteiger charge is -2.45. The molecule has 0 atom stereocenters. The summed E-state index contributed by atoms with van der Waals surface area (Å²) in [5, 5.41) is 11.0. The Kier molecular flexibility index (Phi) is 4.09. The lowest BCUT2D eigenvalue weighted by Crippen LogP contribution is -2.61. The molecular weight excluding hydrogens is 354 g/mol. The Morgan fingerprint density at radius 3 is 2.61 bits per heavy atom. The Morgan fingerprint density at radius 1 is 1.04 bits per heavy atom. The molecule has 2 aliphatic rings. The number of hydrogen-bond acceptors (Lipinski definition) is 6. The molecule has 3 heterocycles. The molecule has 0 bridgehead atoms. The number of benzene rings is 2. The molecule has 2 N–H and O–H groups in total. The fourth-order valence-electron chi connectivity index (χ4n) is 4.00. The van der Waals surface area contributed by atoms with Gasteiger partial charge in [0.05, 0.1) is 17.9 Å². The number of amides is 1. The minimum absolute atomic E-state index is 0.0683. The third-order valence-electron chi connectivity index (χ3n) is 5.47. The Hall–Kier alpha value is -3.19. The molecule has 0 saturated carbocycles. The third-order valence-corrected chi connectivity index (χ3v) is 5.47. The molecule has 0 radical (unpaired) electrons. The van der Waals surface area contributed by atoms with Gasteiger partial charge < -0.3 is 20.1 Å². The number of nitrogens with zero attached hydrogens (tertiary/aromatic N) is 3. The van der Waals surface area contributed by atoms with Gasteiger partial charge in [-0.2, -0.15) is 4.98 Å². The monoisotopic (exact) mass is 375 g/mol. The Morgan fingerprint density at radius 2 is 1.79 bits per heavy atom. The zero-order chi connectivity index (χ0) is 19.0. The van der Waals surface area contributed by atoms with E-state index in [9.17, 15) is 4.79 Å². The highest BCUT2D eigenvalue weighted by molar-refractivity contribution is 6.07. The molecule has 7 nitrogen and oxygen atoms in total. The van der Waals surface area contributed by atoms with Crippen LogP contribution in [0.2, 0.25) is 0 Å². The number of anilines is 2. The van der Waals surface area contributed by atoms with Crippen molar-refractivity contribution in [1.82, 2.24) is 15.5 Å². The fraction of sp³-hybridized carbons (Fsp3) is 0.286. The van der Waals surface area contributed by atoms with Crippen molar-refractivity contribution in [2.45, 2.75) is 24.9 Å². The summed E-state index contributed by atoms with van der Waals surface area (Å²) in [5.74, 6) is 1.02. The summed E-state index contributed by atoms with van der Waals surface area (Å²) < 4.78 is 5.43. The lowest BCUT2D eigenvalue weighted by atomic mass is 9.84. The number of carbonyl (C=O) groups is 1. The number of fused-ring (bicyclic) bond motifs is 1. The van der Waals surface area contributed by atoms with Gasteiger partial charge in [0.25, 0.3) is 11.8 Å². The van der Waals surface area contributed by atoms with Crippen molar-refractivity contribution in [3.05, 3.63) is 60.4 Å². The van der Waals surface area contributed by atoms with E-state index in [2.05, 4.69) is 20.8 Å². The SMILES string of the molecule is O=C1N(Cc2noc(-c3ccccc3)n2)c2ccccc2NC12CCNCC2. The van der Waals surface area contributed by atoms with Crippen LogP contribution in [0.25, 0.3) is 11.5 Å². The van der Waals surface area contributed by atoms with Gasteiger partial charge in [-0.25, -0.2) is 0 Å². The summed E-state index contributed by atoms with van der Waals surface area (Å²) in [4.78, 5) is 19.8. The number of aromatic nitrogens is 2.